The van der Waals surface area contributed by atoms with E-state index in [0.29, 0.717) is 5.92 Å². The van der Waals surface area contributed by atoms with Gasteiger partial charge in [0.2, 0.25) is 0 Å². The quantitative estimate of drug-likeness (QED) is 0.838. The molecule has 3 heterocycles. The van der Waals surface area contributed by atoms with Crippen molar-refractivity contribution in [2.24, 2.45) is 17.8 Å². The molecule has 0 aliphatic carbocycles. The second-order valence-electron chi connectivity index (χ2n) is 6.02. The number of hydrogen-bond acceptors (Lipinski definition) is 3. The van der Waals surface area contributed by atoms with Crippen molar-refractivity contribution < 1.29 is 9.90 Å². The van der Waals surface area contributed by atoms with Crippen LogP contribution in [-0.4, -0.2) is 35.6 Å². The van der Waals surface area contributed by atoms with Gasteiger partial charge < -0.3 is 10.0 Å². The number of hydrogen-bond donors (Lipinski definition) is 2. The van der Waals surface area contributed by atoms with Crippen molar-refractivity contribution in [3.05, 3.63) is 35.9 Å². The average Bonchev–Trinajstić information content (AvgIpc) is 2.49. The Hall–Kier alpha value is -1.00. The van der Waals surface area contributed by atoms with E-state index in [1.165, 1.54) is 0 Å². The fraction of sp³-hybridized carbons (Fsp3) is 0.562. The molecule has 108 valence electrons. The number of nitrogens with zero attached hydrogens (tertiary/aromatic N) is 1. The predicted molar refractivity (Wildman–Crippen MR) is 81.9 cm³/mol. The minimum atomic E-state index is -0.701. The largest absolute Gasteiger partial charge is 0.481 e. The summed E-state index contributed by atoms with van der Waals surface area (Å²) in [6.07, 6.45) is 2.29. The van der Waals surface area contributed by atoms with Gasteiger partial charge in [-0.15, -0.1) is 0 Å². The van der Waals surface area contributed by atoms with Crippen LogP contribution in [0.15, 0.2) is 30.3 Å². The van der Waals surface area contributed by atoms with Crippen LogP contribution in [0.25, 0.3) is 0 Å². The fourth-order valence-electron chi connectivity index (χ4n) is 3.83. The van der Waals surface area contributed by atoms with E-state index in [1.54, 1.807) is 0 Å². The molecule has 0 amide bonds. The Morgan fingerprint density at radius 2 is 1.90 bits per heavy atom. The molecule has 3 nitrogen and oxygen atoms in total. The van der Waals surface area contributed by atoms with Gasteiger partial charge in [0.05, 0.1) is 5.92 Å². The summed E-state index contributed by atoms with van der Waals surface area (Å²) in [5.74, 6) is -0.307. The number of carboxylic acids is 1. The van der Waals surface area contributed by atoms with Crippen molar-refractivity contribution in [3.8, 4) is 0 Å². The molecule has 3 unspecified atom stereocenters. The molecule has 0 saturated carbocycles. The molecule has 0 aromatic heterocycles. The minimum absolute atomic E-state index is 0.223. The third-order valence-corrected chi connectivity index (χ3v) is 5.55. The number of fused-ring (bicyclic) bond motifs is 3. The number of thiol groups is 1. The van der Waals surface area contributed by atoms with Crippen LogP contribution in [0.1, 0.15) is 23.7 Å². The Morgan fingerprint density at radius 3 is 2.40 bits per heavy atom. The highest BCUT2D eigenvalue weighted by atomic mass is 32.1. The lowest BCUT2D eigenvalue weighted by atomic mass is 9.70. The number of benzene rings is 1. The highest BCUT2D eigenvalue weighted by molar-refractivity contribution is 7.80. The lowest BCUT2D eigenvalue weighted by molar-refractivity contribution is -0.146. The monoisotopic (exact) mass is 291 g/mol. The number of rotatable bonds is 4. The highest BCUT2D eigenvalue weighted by Gasteiger charge is 2.44. The van der Waals surface area contributed by atoms with Crippen molar-refractivity contribution in [1.82, 2.24) is 4.90 Å². The van der Waals surface area contributed by atoms with E-state index >= 15 is 0 Å². The van der Waals surface area contributed by atoms with Crippen LogP contribution in [-0.2, 0) is 4.79 Å². The van der Waals surface area contributed by atoms with Crippen molar-refractivity contribution in [3.63, 3.8) is 0 Å². The second kappa shape index (κ2) is 5.78. The summed E-state index contributed by atoms with van der Waals surface area (Å²) in [5, 5.41) is 9.50. The van der Waals surface area contributed by atoms with Crippen LogP contribution in [0, 0.1) is 17.8 Å². The molecule has 2 bridgehead atoms. The van der Waals surface area contributed by atoms with Crippen molar-refractivity contribution in [2.75, 3.05) is 19.6 Å². The topological polar surface area (TPSA) is 40.5 Å². The van der Waals surface area contributed by atoms with Crippen LogP contribution in [0.5, 0.6) is 0 Å². The molecule has 3 fully saturated rings. The zero-order valence-electron chi connectivity index (χ0n) is 11.5. The molecule has 0 spiro atoms. The Bertz CT molecular complexity index is 471. The Morgan fingerprint density at radius 1 is 1.25 bits per heavy atom. The normalized spacial score (nSPS) is 31.8. The molecule has 0 radical (unpaired) electrons. The first-order valence-corrected chi connectivity index (χ1v) is 7.86. The van der Waals surface area contributed by atoms with Gasteiger partial charge >= 0.3 is 5.97 Å². The molecule has 1 aromatic rings. The molecule has 4 rings (SSSR count). The molecule has 3 aliphatic rings. The third-order valence-electron chi connectivity index (χ3n) is 4.93. The summed E-state index contributed by atoms with van der Waals surface area (Å²) in [5.41, 5.74) is 1.01. The van der Waals surface area contributed by atoms with Crippen molar-refractivity contribution >= 4 is 18.6 Å². The number of carboxylic acid groups (broad SMARTS) is 1. The fourth-order valence-corrected chi connectivity index (χ4v) is 4.35. The number of carbonyl (C=O) groups is 1. The van der Waals surface area contributed by atoms with E-state index in [1.807, 2.05) is 30.3 Å². The molecular formula is C16H21NO2S. The maximum absolute atomic E-state index is 11.8. The molecule has 3 atom stereocenters. The van der Waals surface area contributed by atoms with Gasteiger partial charge in [0, 0.05) is 11.8 Å². The van der Waals surface area contributed by atoms with E-state index in [-0.39, 0.29) is 11.2 Å². The molecular weight excluding hydrogens is 270 g/mol. The van der Waals surface area contributed by atoms with Gasteiger partial charge in [-0.05, 0) is 43.3 Å². The molecule has 1 aromatic carbocycles. The lowest BCUT2D eigenvalue weighted by Crippen LogP contribution is -2.51. The maximum Gasteiger partial charge on any atom is 0.308 e. The Labute approximate surface area is 125 Å². The summed E-state index contributed by atoms with van der Waals surface area (Å²) in [7, 11) is 0. The molecule has 1 N–H and O–H groups in total. The third kappa shape index (κ3) is 2.59. The van der Waals surface area contributed by atoms with Gasteiger partial charge in [-0.25, -0.2) is 0 Å². The lowest BCUT2D eigenvalue weighted by Gasteiger charge is -2.47. The van der Waals surface area contributed by atoms with Gasteiger partial charge in [0.15, 0.2) is 0 Å². The van der Waals surface area contributed by atoms with Gasteiger partial charge in [0.25, 0.3) is 0 Å². The van der Waals surface area contributed by atoms with Gasteiger partial charge in [-0.1, -0.05) is 30.3 Å². The highest BCUT2D eigenvalue weighted by Crippen LogP contribution is 2.43. The second-order valence-corrected chi connectivity index (χ2v) is 6.58. The SMILES string of the molecule is O=C(O)C(C(S)c1ccccc1)C1CN2CCC1CC2. The average molecular weight is 291 g/mol. The Kier molecular flexibility index (Phi) is 4.03. The standard InChI is InChI=1S/C16H21NO2S/c18-16(19)14(15(20)12-4-2-1-3-5-12)13-10-17-8-6-11(13)7-9-17/h1-5,11,13-15,20H,6-10H2,(H,18,19). The zero-order valence-corrected chi connectivity index (χ0v) is 12.4. The van der Waals surface area contributed by atoms with Crippen molar-refractivity contribution in [1.29, 1.82) is 0 Å². The van der Waals surface area contributed by atoms with Crippen LogP contribution in [0.3, 0.4) is 0 Å². The van der Waals surface area contributed by atoms with E-state index in [2.05, 4.69) is 17.5 Å². The van der Waals surface area contributed by atoms with Crippen LogP contribution >= 0.6 is 12.6 Å². The van der Waals surface area contributed by atoms with E-state index in [9.17, 15) is 9.90 Å². The molecule has 3 aliphatic heterocycles. The molecule has 4 heteroatoms. The van der Waals surface area contributed by atoms with E-state index in [4.69, 9.17) is 0 Å². The summed E-state index contributed by atoms with van der Waals surface area (Å²) in [6.45, 7) is 3.19. The summed E-state index contributed by atoms with van der Waals surface area (Å²) in [4.78, 5) is 14.2. The Balaban J connectivity index is 1.84. The van der Waals surface area contributed by atoms with Gasteiger partial charge in [-0.2, -0.15) is 12.6 Å². The molecule has 3 saturated heterocycles. The van der Waals surface area contributed by atoms with E-state index < -0.39 is 11.9 Å². The van der Waals surface area contributed by atoms with Crippen LogP contribution < -0.4 is 0 Å². The van der Waals surface area contributed by atoms with Crippen LogP contribution in [0.4, 0.5) is 0 Å². The first-order chi connectivity index (χ1) is 9.66. The molecule has 20 heavy (non-hydrogen) atoms. The summed E-state index contributed by atoms with van der Waals surface area (Å²) in [6, 6.07) is 9.82. The maximum atomic E-state index is 11.8. The van der Waals surface area contributed by atoms with E-state index in [0.717, 1.165) is 38.0 Å². The number of piperidine rings is 3. The number of aliphatic carboxylic acids is 1. The smallest absolute Gasteiger partial charge is 0.308 e. The zero-order chi connectivity index (χ0) is 14.1. The van der Waals surface area contributed by atoms with Gasteiger partial charge in [0.1, 0.15) is 0 Å². The van der Waals surface area contributed by atoms with Crippen LogP contribution in [0.2, 0.25) is 0 Å². The van der Waals surface area contributed by atoms with Gasteiger partial charge in [-0.3, -0.25) is 4.79 Å². The first kappa shape index (κ1) is 14.0. The summed E-state index contributed by atoms with van der Waals surface area (Å²) < 4.78 is 0. The first-order valence-electron chi connectivity index (χ1n) is 7.35. The summed E-state index contributed by atoms with van der Waals surface area (Å²) >= 11 is 4.66. The predicted octanol–water partition coefficient (Wildman–Crippen LogP) is 2.70. The minimum Gasteiger partial charge on any atom is -0.481 e. The van der Waals surface area contributed by atoms with Crippen molar-refractivity contribution in [2.45, 2.75) is 18.1 Å².